The second-order valence-corrected chi connectivity index (χ2v) is 10.7. The molecule has 2 aliphatic rings. The molecule has 0 bridgehead atoms. The molecule has 1 N–H and O–H groups in total. The molecule has 1 aliphatic heterocycles. The van der Waals surface area contributed by atoms with Crippen molar-refractivity contribution < 1.29 is 14.3 Å². The fourth-order valence-corrected chi connectivity index (χ4v) is 5.26. The van der Waals surface area contributed by atoms with Gasteiger partial charge in [-0.1, -0.05) is 50.6 Å². The Kier molecular flexibility index (Phi) is 7.86. The van der Waals surface area contributed by atoms with Crippen LogP contribution in [0.5, 0.6) is 0 Å². The maximum absolute atomic E-state index is 13.4. The molecule has 2 fully saturated rings. The number of carbonyl (C=O) groups is 2. The first-order valence-corrected chi connectivity index (χ1v) is 12.1. The lowest BCUT2D eigenvalue weighted by Gasteiger charge is -2.34. The largest absolute Gasteiger partial charge is 0.444 e. The number of likely N-dealkylation sites (tertiary alicyclic amines) is 1. The van der Waals surface area contributed by atoms with E-state index in [1.807, 2.05) is 27.7 Å². The number of likely N-dealkylation sites (N-methyl/N-ethyl adjacent to an activating group) is 1. The van der Waals surface area contributed by atoms with Crippen molar-refractivity contribution in [2.75, 3.05) is 20.1 Å². The highest BCUT2D eigenvalue weighted by atomic mass is 16.6. The van der Waals surface area contributed by atoms with Crippen LogP contribution in [0.3, 0.4) is 0 Å². The summed E-state index contributed by atoms with van der Waals surface area (Å²) in [5.41, 5.74) is 0.746. The van der Waals surface area contributed by atoms with Crippen molar-refractivity contribution >= 4 is 12.0 Å². The Bertz CT molecular complexity index is 776. The number of rotatable bonds is 7. The molecule has 6 nitrogen and oxygen atoms in total. The molecule has 1 aliphatic carbocycles. The molecule has 1 aromatic rings. The summed E-state index contributed by atoms with van der Waals surface area (Å²) in [4.78, 5) is 30.1. The summed E-state index contributed by atoms with van der Waals surface area (Å²) in [6, 6.07) is 10.2. The molecule has 178 valence electrons. The van der Waals surface area contributed by atoms with Crippen LogP contribution in [0.1, 0.15) is 59.4 Å². The van der Waals surface area contributed by atoms with Crippen LogP contribution in [0.15, 0.2) is 30.3 Å². The maximum atomic E-state index is 13.4. The van der Waals surface area contributed by atoms with Gasteiger partial charge in [0.2, 0.25) is 5.91 Å². The summed E-state index contributed by atoms with van der Waals surface area (Å²) >= 11 is 0. The van der Waals surface area contributed by atoms with E-state index in [9.17, 15) is 9.59 Å². The van der Waals surface area contributed by atoms with Gasteiger partial charge in [0.1, 0.15) is 11.6 Å². The summed E-state index contributed by atoms with van der Waals surface area (Å²) in [5, 5.41) is 3.33. The lowest BCUT2D eigenvalue weighted by atomic mass is 9.95. The van der Waals surface area contributed by atoms with Gasteiger partial charge in [0.05, 0.1) is 0 Å². The van der Waals surface area contributed by atoms with Crippen LogP contribution >= 0.6 is 0 Å². The van der Waals surface area contributed by atoms with E-state index in [1.165, 1.54) is 10.5 Å². The number of carbonyl (C=O) groups excluding carboxylic acids is 2. The van der Waals surface area contributed by atoms with E-state index in [-0.39, 0.29) is 17.9 Å². The lowest BCUT2D eigenvalue weighted by Crippen LogP contribution is -2.54. The van der Waals surface area contributed by atoms with Gasteiger partial charge in [-0.3, -0.25) is 14.6 Å². The number of benzene rings is 1. The number of ether oxygens (including phenoxy) is 1. The lowest BCUT2D eigenvalue weighted by molar-refractivity contribution is -0.128. The molecular formula is C26H41N3O3. The molecule has 1 aromatic carbocycles. The minimum Gasteiger partial charge on any atom is -0.444 e. The van der Waals surface area contributed by atoms with Gasteiger partial charge in [0.15, 0.2) is 0 Å². The van der Waals surface area contributed by atoms with Crippen LogP contribution in [-0.4, -0.2) is 59.6 Å². The van der Waals surface area contributed by atoms with Crippen LogP contribution in [0.25, 0.3) is 0 Å². The molecule has 6 heteroatoms. The quantitative estimate of drug-likeness (QED) is 0.683. The molecule has 32 heavy (non-hydrogen) atoms. The van der Waals surface area contributed by atoms with Crippen LogP contribution in [0.2, 0.25) is 0 Å². The van der Waals surface area contributed by atoms with Gasteiger partial charge in [-0.15, -0.1) is 0 Å². The Morgan fingerprint density at radius 2 is 1.88 bits per heavy atom. The van der Waals surface area contributed by atoms with Crippen molar-refractivity contribution in [3.8, 4) is 0 Å². The minimum atomic E-state index is -0.591. The number of amides is 2. The molecule has 1 saturated carbocycles. The Morgan fingerprint density at radius 1 is 1.19 bits per heavy atom. The van der Waals surface area contributed by atoms with Gasteiger partial charge in [-0.2, -0.15) is 0 Å². The van der Waals surface area contributed by atoms with Crippen molar-refractivity contribution in [3.63, 3.8) is 0 Å². The first kappa shape index (κ1) is 24.6. The molecule has 2 amide bonds. The van der Waals surface area contributed by atoms with Crippen LogP contribution < -0.4 is 5.32 Å². The predicted molar refractivity (Wildman–Crippen MR) is 127 cm³/mol. The third-order valence-electron chi connectivity index (χ3n) is 7.06. The fourth-order valence-electron chi connectivity index (χ4n) is 5.26. The molecule has 1 heterocycles. The zero-order valence-corrected chi connectivity index (χ0v) is 20.6. The van der Waals surface area contributed by atoms with E-state index >= 15 is 0 Å². The van der Waals surface area contributed by atoms with Crippen molar-refractivity contribution in [2.24, 2.45) is 17.8 Å². The summed E-state index contributed by atoms with van der Waals surface area (Å²) in [6.07, 6.45) is 2.53. The van der Waals surface area contributed by atoms with Gasteiger partial charge in [-0.25, -0.2) is 4.79 Å². The highest BCUT2D eigenvalue weighted by molar-refractivity contribution is 5.86. The van der Waals surface area contributed by atoms with E-state index in [1.54, 1.807) is 7.05 Å². The Balaban J connectivity index is 1.63. The molecule has 0 spiro atoms. The third kappa shape index (κ3) is 6.03. The summed E-state index contributed by atoms with van der Waals surface area (Å²) in [6.45, 7) is 12.7. The predicted octanol–water partition coefficient (Wildman–Crippen LogP) is 4.29. The van der Waals surface area contributed by atoms with Crippen molar-refractivity contribution in [1.82, 2.24) is 15.1 Å². The van der Waals surface area contributed by atoms with Gasteiger partial charge < -0.3 is 10.1 Å². The molecule has 1 saturated heterocycles. The maximum Gasteiger partial charge on any atom is 0.410 e. The first-order valence-electron chi connectivity index (χ1n) is 12.1. The Morgan fingerprint density at radius 3 is 2.50 bits per heavy atom. The van der Waals surface area contributed by atoms with Crippen molar-refractivity contribution in [2.45, 2.75) is 78.1 Å². The van der Waals surface area contributed by atoms with E-state index in [4.69, 9.17) is 4.74 Å². The molecular weight excluding hydrogens is 402 g/mol. The molecule has 3 rings (SSSR count). The molecule has 0 unspecified atom stereocenters. The van der Waals surface area contributed by atoms with Gasteiger partial charge in [0, 0.05) is 32.7 Å². The van der Waals surface area contributed by atoms with Crippen LogP contribution in [0, 0.1) is 17.8 Å². The van der Waals surface area contributed by atoms with Crippen LogP contribution in [-0.2, 0) is 16.1 Å². The second kappa shape index (κ2) is 10.2. The summed E-state index contributed by atoms with van der Waals surface area (Å²) < 4.78 is 5.54. The van der Waals surface area contributed by atoms with Crippen LogP contribution in [0.4, 0.5) is 4.79 Å². The zero-order valence-electron chi connectivity index (χ0n) is 20.6. The number of hydrogen-bond acceptors (Lipinski definition) is 4. The highest BCUT2D eigenvalue weighted by Gasteiger charge is 2.44. The number of nitrogens with zero attached hydrogens (tertiary/aromatic N) is 2. The molecule has 5 atom stereocenters. The number of hydrogen-bond donors (Lipinski definition) is 1. The second-order valence-electron chi connectivity index (χ2n) is 10.7. The van der Waals surface area contributed by atoms with Crippen molar-refractivity contribution in [1.29, 1.82) is 0 Å². The Hall–Kier alpha value is -2.08. The average molecular weight is 444 g/mol. The smallest absolute Gasteiger partial charge is 0.410 e. The Labute approximate surface area is 193 Å². The van der Waals surface area contributed by atoms with E-state index in [0.717, 1.165) is 38.9 Å². The number of fused-ring (bicyclic) bond motifs is 1. The minimum absolute atomic E-state index is 0.0443. The van der Waals surface area contributed by atoms with Gasteiger partial charge >= 0.3 is 6.09 Å². The molecule has 0 radical (unpaired) electrons. The van der Waals surface area contributed by atoms with E-state index < -0.39 is 17.7 Å². The average Bonchev–Trinajstić information content (AvgIpc) is 3.28. The van der Waals surface area contributed by atoms with E-state index in [0.29, 0.717) is 11.8 Å². The summed E-state index contributed by atoms with van der Waals surface area (Å²) in [5.74, 6) is 1.10. The monoisotopic (exact) mass is 443 g/mol. The third-order valence-corrected chi connectivity index (χ3v) is 7.06. The SMILES string of the molecule is CC[C@H](C)[C@@H](C(=O)N[C@H]1CC[C@@H]2CN(Cc3ccccc3)C[C@@H]21)N(C)C(=O)OC(C)(C)C. The topological polar surface area (TPSA) is 61.9 Å². The standard InChI is InChI=1S/C26H41N3O3/c1-7-18(2)23(28(6)25(31)32-26(3,4)5)24(30)27-22-14-13-20-16-29(17-21(20)22)15-19-11-9-8-10-12-19/h8-12,18,20-23H,7,13-17H2,1-6H3,(H,27,30)/t18-,20+,21-,22-,23-/m0/s1. The fraction of sp³-hybridized carbons (Fsp3) is 0.692. The van der Waals surface area contributed by atoms with Crippen molar-refractivity contribution in [3.05, 3.63) is 35.9 Å². The molecule has 0 aromatic heterocycles. The normalized spacial score (nSPS) is 25.1. The van der Waals surface area contributed by atoms with E-state index in [2.05, 4.69) is 47.5 Å². The zero-order chi connectivity index (χ0) is 23.5. The highest BCUT2D eigenvalue weighted by Crippen LogP contribution is 2.39. The van der Waals surface area contributed by atoms with Gasteiger partial charge in [-0.05, 0) is 56.9 Å². The first-order chi connectivity index (χ1) is 15.1. The van der Waals surface area contributed by atoms with Gasteiger partial charge in [0.25, 0.3) is 0 Å². The number of nitrogens with one attached hydrogen (secondary N) is 1. The summed E-state index contributed by atoms with van der Waals surface area (Å²) in [7, 11) is 1.68.